The van der Waals surface area contributed by atoms with Gasteiger partial charge in [-0.25, -0.2) is 0 Å². The molecule has 0 aliphatic heterocycles. The molecule has 0 aliphatic rings. The predicted molar refractivity (Wildman–Crippen MR) is 112 cm³/mol. The van der Waals surface area contributed by atoms with Gasteiger partial charge in [0.25, 0.3) is 0 Å². The van der Waals surface area contributed by atoms with Gasteiger partial charge in [0.1, 0.15) is 0 Å². The van der Waals surface area contributed by atoms with Gasteiger partial charge < -0.3 is 4.90 Å². The van der Waals surface area contributed by atoms with Crippen molar-refractivity contribution in [3.63, 3.8) is 0 Å². The highest BCUT2D eigenvalue weighted by Gasteiger charge is 2.17. The van der Waals surface area contributed by atoms with Crippen LogP contribution in [0.3, 0.4) is 0 Å². The van der Waals surface area contributed by atoms with Gasteiger partial charge in [0.15, 0.2) is 0 Å². The fourth-order valence-electron chi connectivity index (χ4n) is 3.52. The number of hydrogen-bond acceptors (Lipinski definition) is 3. The van der Waals surface area contributed by atoms with Crippen LogP contribution in [0.4, 0.5) is 17.1 Å². The molecule has 3 aromatic carbocycles. The summed E-state index contributed by atoms with van der Waals surface area (Å²) in [6.07, 6.45) is 3.65. The molecule has 0 N–H and O–H groups in total. The minimum Gasteiger partial charge on any atom is -0.310 e. The van der Waals surface area contributed by atoms with Crippen LogP contribution in [0.5, 0.6) is 0 Å². The average Bonchev–Trinajstić information content (AvgIpc) is 2.76. The van der Waals surface area contributed by atoms with Gasteiger partial charge in [-0.2, -0.15) is 0 Å². The van der Waals surface area contributed by atoms with Crippen LogP contribution in [-0.4, -0.2) is 9.97 Å². The summed E-state index contributed by atoms with van der Waals surface area (Å²) in [5.41, 5.74) is 5.16. The molecule has 0 atom stereocenters. The molecule has 2 aromatic heterocycles. The lowest BCUT2D eigenvalue weighted by Gasteiger charge is -2.27. The Labute approximate surface area is 157 Å². The van der Waals surface area contributed by atoms with E-state index in [1.165, 1.54) is 0 Å². The highest BCUT2D eigenvalue weighted by Crippen LogP contribution is 2.40. The summed E-state index contributed by atoms with van der Waals surface area (Å²) in [5, 5.41) is 2.16. The van der Waals surface area contributed by atoms with Gasteiger partial charge in [-0.15, -0.1) is 0 Å². The van der Waals surface area contributed by atoms with Crippen molar-refractivity contribution in [2.45, 2.75) is 0 Å². The normalized spacial score (nSPS) is 11.0. The Hall–Kier alpha value is -3.72. The lowest BCUT2D eigenvalue weighted by molar-refractivity contribution is 1.29. The van der Waals surface area contributed by atoms with E-state index in [0.717, 1.165) is 38.9 Å². The molecule has 0 radical (unpaired) electrons. The average molecular weight is 347 g/mol. The lowest BCUT2D eigenvalue weighted by Crippen LogP contribution is -2.10. The van der Waals surface area contributed by atoms with Crippen LogP contribution in [0.2, 0.25) is 0 Å². The van der Waals surface area contributed by atoms with Crippen molar-refractivity contribution in [2.24, 2.45) is 0 Å². The number of benzene rings is 3. The van der Waals surface area contributed by atoms with E-state index in [-0.39, 0.29) is 0 Å². The molecule has 5 rings (SSSR count). The molecule has 3 heteroatoms. The molecule has 0 saturated carbocycles. The second kappa shape index (κ2) is 6.54. The first kappa shape index (κ1) is 15.5. The molecule has 0 spiro atoms. The first-order valence-electron chi connectivity index (χ1n) is 8.94. The third kappa shape index (κ3) is 2.70. The van der Waals surface area contributed by atoms with E-state index < -0.39 is 0 Å². The van der Waals surface area contributed by atoms with Crippen molar-refractivity contribution >= 4 is 38.9 Å². The molecule has 2 heterocycles. The smallest absolute Gasteiger partial charge is 0.0985 e. The zero-order chi connectivity index (χ0) is 18.1. The number of hydrogen-bond donors (Lipinski definition) is 0. The first-order chi connectivity index (χ1) is 13.4. The minimum absolute atomic E-state index is 0.919. The van der Waals surface area contributed by atoms with E-state index >= 15 is 0 Å². The maximum atomic E-state index is 4.65. The van der Waals surface area contributed by atoms with Gasteiger partial charge >= 0.3 is 0 Å². The number of para-hydroxylation sites is 2. The summed E-state index contributed by atoms with van der Waals surface area (Å²) in [6, 6.07) is 31.2. The third-order valence-corrected chi connectivity index (χ3v) is 4.71. The van der Waals surface area contributed by atoms with Gasteiger partial charge in [-0.1, -0.05) is 42.5 Å². The fraction of sp³-hybridized carbons (Fsp3) is 0. The Kier molecular flexibility index (Phi) is 3.76. The van der Waals surface area contributed by atoms with Crippen LogP contribution < -0.4 is 4.90 Å². The largest absolute Gasteiger partial charge is 0.310 e. The van der Waals surface area contributed by atoms with Crippen molar-refractivity contribution in [2.75, 3.05) is 4.90 Å². The van der Waals surface area contributed by atoms with Crippen molar-refractivity contribution < 1.29 is 0 Å². The molecule has 27 heavy (non-hydrogen) atoms. The van der Waals surface area contributed by atoms with E-state index in [9.17, 15) is 0 Å². The molecular weight excluding hydrogens is 330 g/mol. The molecule has 0 unspecified atom stereocenters. The van der Waals surface area contributed by atoms with Gasteiger partial charge in [0, 0.05) is 34.5 Å². The lowest BCUT2D eigenvalue weighted by atomic mass is 10.1. The summed E-state index contributed by atoms with van der Waals surface area (Å²) in [7, 11) is 0. The quantitative estimate of drug-likeness (QED) is 0.361. The van der Waals surface area contributed by atoms with Crippen molar-refractivity contribution in [1.82, 2.24) is 9.97 Å². The summed E-state index contributed by atoms with van der Waals surface area (Å²) >= 11 is 0. The molecule has 128 valence electrons. The number of rotatable bonds is 3. The summed E-state index contributed by atoms with van der Waals surface area (Å²) in [4.78, 5) is 11.5. The second-order valence-electron chi connectivity index (χ2n) is 6.38. The SMILES string of the molecule is c1ccc(N(c2ccccc2)c2cc3cccnc3c3ncccc23)cc1. The highest BCUT2D eigenvalue weighted by molar-refractivity contribution is 6.11. The monoisotopic (exact) mass is 347 g/mol. The van der Waals surface area contributed by atoms with E-state index in [1.807, 2.05) is 36.7 Å². The third-order valence-electron chi connectivity index (χ3n) is 4.71. The van der Waals surface area contributed by atoms with E-state index in [2.05, 4.69) is 81.6 Å². The Morgan fingerprint density at radius 1 is 0.556 bits per heavy atom. The maximum absolute atomic E-state index is 4.65. The Balaban J connectivity index is 1.87. The first-order valence-corrected chi connectivity index (χ1v) is 8.94. The van der Waals surface area contributed by atoms with E-state index in [4.69, 9.17) is 0 Å². The summed E-state index contributed by atoms with van der Waals surface area (Å²) < 4.78 is 0. The van der Waals surface area contributed by atoms with Crippen molar-refractivity contribution in [3.8, 4) is 0 Å². The molecule has 0 bridgehead atoms. The maximum Gasteiger partial charge on any atom is 0.0985 e. The number of pyridine rings is 2. The van der Waals surface area contributed by atoms with Crippen LogP contribution in [0, 0.1) is 0 Å². The van der Waals surface area contributed by atoms with Crippen LogP contribution in [-0.2, 0) is 0 Å². The van der Waals surface area contributed by atoms with Crippen LogP contribution >= 0.6 is 0 Å². The second-order valence-corrected chi connectivity index (χ2v) is 6.38. The fourth-order valence-corrected chi connectivity index (χ4v) is 3.52. The van der Waals surface area contributed by atoms with Crippen LogP contribution in [0.1, 0.15) is 0 Å². The Morgan fingerprint density at radius 3 is 1.81 bits per heavy atom. The van der Waals surface area contributed by atoms with Crippen molar-refractivity contribution in [1.29, 1.82) is 0 Å². The van der Waals surface area contributed by atoms with Gasteiger partial charge in [0.2, 0.25) is 0 Å². The zero-order valence-electron chi connectivity index (χ0n) is 14.7. The topological polar surface area (TPSA) is 29.0 Å². The molecular formula is C24H17N3. The van der Waals surface area contributed by atoms with Gasteiger partial charge in [0.05, 0.1) is 16.7 Å². The summed E-state index contributed by atoms with van der Waals surface area (Å²) in [5.74, 6) is 0. The Morgan fingerprint density at radius 2 is 1.15 bits per heavy atom. The number of nitrogens with zero attached hydrogens (tertiary/aromatic N) is 3. The van der Waals surface area contributed by atoms with Crippen LogP contribution in [0.25, 0.3) is 21.8 Å². The van der Waals surface area contributed by atoms with Gasteiger partial charge in [-0.05, 0) is 48.5 Å². The summed E-state index contributed by atoms with van der Waals surface area (Å²) in [6.45, 7) is 0. The number of anilines is 3. The molecule has 0 fully saturated rings. The molecule has 3 nitrogen and oxygen atoms in total. The van der Waals surface area contributed by atoms with E-state index in [1.54, 1.807) is 0 Å². The highest BCUT2D eigenvalue weighted by atomic mass is 15.1. The predicted octanol–water partition coefficient (Wildman–Crippen LogP) is 6.25. The van der Waals surface area contributed by atoms with E-state index in [0.29, 0.717) is 0 Å². The van der Waals surface area contributed by atoms with Crippen molar-refractivity contribution in [3.05, 3.63) is 103 Å². The molecule has 0 aliphatic carbocycles. The molecule has 0 saturated heterocycles. The Bertz CT molecular complexity index is 1180. The number of fused-ring (bicyclic) bond motifs is 3. The van der Waals surface area contributed by atoms with Crippen LogP contribution in [0.15, 0.2) is 103 Å². The molecule has 0 amide bonds. The minimum atomic E-state index is 0.919. The van der Waals surface area contributed by atoms with Gasteiger partial charge in [-0.3, -0.25) is 9.97 Å². The zero-order valence-corrected chi connectivity index (χ0v) is 14.7. The molecule has 5 aromatic rings. The number of aromatic nitrogens is 2. The standard InChI is InChI=1S/C24H17N3/c1-3-10-19(11-4-1)27(20-12-5-2-6-13-20)22-17-18-9-7-15-25-23(18)24-21(22)14-8-16-26-24/h1-17H.